The van der Waals surface area contributed by atoms with Crippen LogP contribution in [0, 0.1) is 5.92 Å². The van der Waals surface area contributed by atoms with Gasteiger partial charge in [-0.3, -0.25) is 9.59 Å². The Hall–Kier alpha value is -2.18. The number of rotatable bonds is 6. The second kappa shape index (κ2) is 9.50. The Bertz CT molecular complexity index is 807. The number of nitrogens with one attached hydrogen (secondary N) is 2. The molecule has 0 spiro atoms. The fraction of sp³-hybridized carbons (Fsp3) is 0.211. The molecule has 0 aliphatic rings. The minimum atomic E-state index is -0.710. The molecule has 0 aromatic heterocycles. The first-order valence-electron chi connectivity index (χ1n) is 8.01. The van der Waals surface area contributed by atoms with Gasteiger partial charge in [-0.2, -0.15) is 5.10 Å². The average Bonchev–Trinajstić information content (AvgIpc) is 2.59. The molecule has 0 fully saturated rings. The molecule has 1 atom stereocenters. The van der Waals surface area contributed by atoms with Gasteiger partial charge in [0.25, 0.3) is 11.8 Å². The third-order valence-corrected chi connectivity index (χ3v) is 4.32. The molecule has 0 bridgehead atoms. The van der Waals surface area contributed by atoms with Crippen molar-refractivity contribution in [2.24, 2.45) is 11.0 Å². The van der Waals surface area contributed by atoms with Gasteiger partial charge in [0, 0.05) is 15.1 Å². The Morgan fingerprint density at radius 3 is 2.46 bits per heavy atom. The molecule has 5 nitrogen and oxygen atoms in total. The van der Waals surface area contributed by atoms with Crippen molar-refractivity contribution in [1.82, 2.24) is 10.7 Å². The van der Waals surface area contributed by atoms with Crippen molar-refractivity contribution < 1.29 is 9.59 Å². The third kappa shape index (κ3) is 5.97. The first-order chi connectivity index (χ1) is 12.4. The maximum atomic E-state index is 12.4. The second-order valence-corrected chi connectivity index (χ2v) is 7.34. The van der Waals surface area contributed by atoms with Gasteiger partial charge < -0.3 is 5.32 Å². The van der Waals surface area contributed by atoms with Crippen LogP contribution < -0.4 is 10.7 Å². The van der Waals surface area contributed by atoms with Crippen molar-refractivity contribution in [3.05, 3.63) is 69.2 Å². The zero-order chi connectivity index (χ0) is 19.1. The van der Waals surface area contributed by atoms with Gasteiger partial charge in [0.15, 0.2) is 0 Å². The van der Waals surface area contributed by atoms with E-state index in [4.69, 9.17) is 11.6 Å². The number of carbonyl (C=O) groups is 2. The van der Waals surface area contributed by atoms with Gasteiger partial charge in [-0.05, 0) is 47.9 Å². The van der Waals surface area contributed by atoms with Crippen LogP contribution in [0.15, 0.2) is 58.1 Å². The van der Waals surface area contributed by atoms with Gasteiger partial charge in [-0.25, -0.2) is 5.43 Å². The highest BCUT2D eigenvalue weighted by atomic mass is 79.9. The molecule has 2 amide bonds. The van der Waals surface area contributed by atoms with Gasteiger partial charge in [0.05, 0.1) is 6.21 Å². The highest BCUT2D eigenvalue weighted by Crippen LogP contribution is 2.11. The molecule has 2 aromatic carbocycles. The topological polar surface area (TPSA) is 70.6 Å². The second-order valence-electron chi connectivity index (χ2n) is 5.99. The smallest absolute Gasteiger partial charge is 0.262 e. The minimum Gasteiger partial charge on any atom is -0.340 e. The first-order valence-corrected chi connectivity index (χ1v) is 9.19. The van der Waals surface area contributed by atoms with Crippen molar-refractivity contribution in [2.75, 3.05) is 0 Å². The molecule has 0 heterocycles. The third-order valence-electron chi connectivity index (χ3n) is 3.58. The Morgan fingerprint density at radius 2 is 1.85 bits per heavy atom. The van der Waals surface area contributed by atoms with E-state index in [-0.39, 0.29) is 17.7 Å². The van der Waals surface area contributed by atoms with Crippen LogP contribution in [0.5, 0.6) is 0 Å². The number of halogens is 2. The molecule has 7 heteroatoms. The number of nitrogens with zero attached hydrogens (tertiary/aromatic N) is 1. The number of hydrogen-bond donors (Lipinski definition) is 2. The minimum absolute atomic E-state index is 0.104. The number of benzene rings is 2. The molecule has 0 radical (unpaired) electrons. The summed E-state index contributed by atoms with van der Waals surface area (Å²) in [5.74, 6) is -0.827. The molecule has 0 aliphatic carbocycles. The fourth-order valence-electron chi connectivity index (χ4n) is 2.19. The van der Waals surface area contributed by atoms with E-state index in [0.29, 0.717) is 10.6 Å². The SMILES string of the molecule is CC(C)C(NC(=O)c1ccc(Cl)cc1)C(=O)NN=Cc1cccc(Br)c1. The Morgan fingerprint density at radius 1 is 1.15 bits per heavy atom. The summed E-state index contributed by atoms with van der Waals surface area (Å²) in [4.78, 5) is 24.7. The van der Waals surface area contributed by atoms with Crippen molar-refractivity contribution in [1.29, 1.82) is 0 Å². The van der Waals surface area contributed by atoms with E-state index in [1.54, 1.807) is 30.5 Å². The number of amides is 2. The zero-order valence-electron chi connectivity index (χ0n) is 14.4. The average molecular weight is 437 g/mol. The van der Waals surface area contributed by atoms with Crippen LogP contribution in [-0.4, -0.2) is 24.1 Å². The van der Waals surface area contributed by atoms with Gasteiger partial charge >= 0.3 is 0 Å². The van der Waals surface area contributed by atoms with Crippen molar-refractivity contribution in [2.45, 2.75) is 19.9 Å². The maximum absolute atomic E-state index is 12.4. The largest absolute Gasteiger partial charge is 0.340 e. The summed E-state index contributed by atoms with van der Waals surface area (Å²) in [6.07, 6.45) is 1.54. The van der Waals surface area contributed by atoms with Crippen molar-refractivity contribution >= 4 is 45.6 Å². The predicted molar refractivity (Wildman–Crippen MR) is 107 cm³/mol. The van der Waals surface area contributed by atoms with Crippen LogP contribution in [0.2, 0.25) is 5.02 Å². The van der Waals surface area contributed by atoms with Crippen LogP contribution >= 0.6 is 27.5 Å². The standard InChI is InChI=1S/C19H19BrClN3O2/c1-12(2)17(23-18(25)14-6-8-16(21)9-7-14)19(26)24-22-11-13-4-3-5-15(20)10-13/h3-12,17H,1-2H3,(H,23,25)(H,24,26). The summed E-state index contributed by atoms with van der Waals surface area (Å²) in [6.45, 7) is 3.70. The van der Waals surface area contributed by atoms with Gasteiger partial charge in [0.2, 0.25) is 0 Å². The van der Waals surface area contributed by atoms with Crippen LogP contribution in [-0.2, 0) is 4.79 Å². The van der Waals surface area contributed by atoms with E-state index in [0.717, 1.165) is 10.0 Å². The van der Waals surface area contributed by atoms with Crippen LogP contribution in [0.25, 0.3) is 0 Å². The van der Waals surface area contributed by atoms with E-state index in [9.17, 15) is 9.59 Å². The summed E-state index contributed by atoms with van der Waals surface area (Å²) in [6, 6.07) is 13.3. The molecule has 136 valence electrons. The molecule has 26 heavy (non-hydrogen) atoms. The molecule has 0 saturated heterocycles. The molecule has 0 aliphatic heterocycles. The summed E-state index contributed by atoms with van der Waals surface area (Å²) >= 11 is 9.20. The van der Waals surface area contributed by atoms with Crippen molar-refractivity contribution in [3.63, 3.8) is 0 Å². The highest BCUT2D eigenvalue weighted by molar-refractivity contribution is 9.10. The lowest BCUT2D eigenvalue weighted by atomic mass is 10.0. The lowest BCUT2D eigenvalue weighted by molar-refractivity contribution is -0.123. The first kappa shape index (κ1) is 20.1. The van der Waals surface area contributed by atoms with E-state index in [2.05, 4.69) is 31.8 Å². The summed E-state index contributed by atoms with van der Waals surface area (Å²) < 4.78 is 0.920. The van der Waals surface area contributed by atoms with E-state index in [1.165, 1.54) is 0 Å². The molecule has 0 saturated carbocycles. The zero-order valence-corrected chi connectivity index (χ0v) is 16.7. The fourth-order valence-corrected chi connectivity index (χ4v) is 2.73. The quantitative estimate of drug-likeness (QED) is 0.530. The van der Waals surface area contributed by atoms with Crippen LogP contribution in [0.1, 0.15) is 29.8 Å². The number of hydrazone groups is 1. The summed E-state index contributed by atoms with van der Waals surface area (Å²) in [7, 11) is 0. The van der Waals surface area contributed by atoms with E-state index in [1.807, 2.05) is 38.1 Å². The maximum Gasteiger partial charge on any atom is 0.262 e. The Balaban J connectivity index is 2.00. The molecule has 2 aromatic rings. The molecular weight excluding hydrogens is 418 g/mol. The van der Waals surface area contributed by atoms with E-state index >= 15 is 0 Å². The Labute approximate surface area is 166 Å². The summed E-state index contributed by atoms with van der Waals surface area (Å²) in [5.41, 5.74) is 3.75. The van der Waals surface area contributed by atoms with Gasteiger partial charge in [-0.15, -0.1) is 0 Å². The monoisotopic (exact) mass is 435 g/mol. The van der Waals surface area contributed by atoms with Gasteiger partial charge in [-0.1, -0.05) is 53.5 Å². The van der Waals surface area contributed by atoms with Crippen LogP contribution in [0.4, 0.5) is 0 Å². The van der Waals surface area contributed by atoms with E-state index < -0.39 is 6.04 Å². The molecule has 1 unspecified atom stereocenters. The van der Waals surface area contributed by atoms with Crippen LogP contribution in [0.3, 0.4) is 0 Å². The lowest BCUT2D eigenvalue weighted by Gasteiger charge is -2.20. The predicted octanol–water partition coefficient (Wildman–Crippen LogP) is 4.01. The number of carbonyl (C=O) groups excluding carboxylic acids is 2. The molecular formula is C19H19BrClN3O2. The highest BCUT2D eigenvalue weighted by Gasteiger charge is 2.24. The Kier molecular flexibility index (Phi) is 7.36. The lowest BCUT2D eigenvalue weighted by Crippen LogP contribution is -2.48. The number of hydrogen-bond acceptors (Lipinski definition) is 3. The summed E-state index contributed by atoms with van der Waals surface area (Å²) in [5, 5.41) is 7.24. The van der Waals surface area contributed by atoms with Gasteiger partial charge in [0.1, 0.15) is 6.04 Å². The normalized spacial score (nSPS) is 12.2. The molecule has 2 rings (SSSR count). The molecule has 2 N–H and O–H groups in total. The van der Waals surface area contributed by atoms with Crippen molar-refractivity contribution in [3.8, 4) is 0 Å².